The lowest BCUT2D eigenvalue weighted by molar-refractivity contribution is 0.304. The molecule has 0 unspecified atom stereocenters. The van der Waals surface area contributed by atoms with Crippen LogP contribution in [0.3, 0.4) is 0 Å². The minimum absolute atomic E-state index is 0.818. The van der Waals surface area contributed by atoms with Crippen LogP contribution in [0.2, 0.25) is 0 Å². The first-order chi connectivity index (χ1) is 15.9. The number of thiazole rings is 1. The lowest BCUT2D eigenvalue weighted by atomic mass is 10.0. The minimum Gasteiger partial charge on any atom is -0.494 e. The molecule has 0 aliphatic carbocycles. The maximum Gasteiger partial charge on any atom is 0.124 e. The lowest BCUT2D eigenvalue weighted by Gasteiger charge is -2.07. The van der Waals surface area contributed by atoms with E-state index in [1.165, 1.54) is 88.2 Å². The average molecular weight is 452 g/mol. The standard InChI is InChI=1S/C29H41NOS/c1-2-3-4-5-6-7-8-9-10-11-12-13-14-17-24-31-26-22-20-25(21-23-26)29-30-27-18-15-16-19-28(27)32-29/h15-16,18-23H,2-14,17,24H2,1H3. The molecule has 1 heterocycles. The molecule has 0 radical (unpaired) electrons. The predicted molar refractivity (Wildman–Crippen MR) is 141 cm³/mol. The topological polar surface area (TPSA) is 22.1 Å². The van der Waals surface area contributed by atoms with Gasteiger partial charge in [0.25, 0.3) is 0 Å². The summed E-state index contributed by atoms with van der Waals surface area (Å²) in [6.45, 7) is 3.11. The van der Waals surface area contributed by atoms with Crippen LogP contribution in [-0.4, -0.2) is 11.6 Å². The maximum atomic E-state index is 5.95. The van der Waals surface area contributed by atoms with Gasteiger partial charge in [0.05, 0.1) is 16.8 Å². The molecule has 0 bridgehead atoms. The fraction of sp³-hybridized carbons (Fsp3) is 0.552. The van der Waals surface area contributed by atoms with Crippen molar-refractivity contribution in [3.05, 3.63) is 48.5 Å². The first kappa shape index (κ1) is 24.8. The van der Waals surface area contributed by atoms with Gasteiger partial charge < -0.3 is 4.74 Å². The number of para-hydroxylation sites is 1. The normalized spacial score (nSPS) is 11.3. The number of nitrogens with zero attached hydrogens (tertiary/aromatic N) is 1. The van der Waals surface area contributed by atoms with Crippen molar-refractivity contribution in [3.8, 4) is 16.3 Å². The summed E-state index contributed by atoms with van der Waals surface area (Å²) in [5, 5.41) is 1.07. The first-order valence-electron chi connectivity index (χ1n) is 13.0. The van der Waals surface area contributed by atoms with E-state index in [1.807, 2.05) is 6.07 Å². The highest BCUT2D eigenvalue weighted by Gasteiger charge is 2.06. The minimum atomic E-state index is 0.818. The van der Waals surface area contributed by atoms with Gasteiger partial charge in [-0.2, -0.15) is 0 Å². The Morgan fingerprint density at radius 3 is 1.81 bits per heavy atom. The number of hydrogen-bond donors (Lipinski definition) is 0. The summed E-state index contributed by atoms with van der Waals surface area (Å²) >= 11 is 1.74. The maximum absolute atomic E-state index is 5.95. The SMILES string of the molecule is CCCCCCCCCCCCCCCCOc1ccc(-c2nc3ccccc3s2)cc1. The molecule has 0 atom stereocenters. The van der Waals surface area contributed by atoms with Gasteiger partial charge in [-0.1, -0.05) is 103 Å². The number of benzene rings is 2. The molecule has 0 saturated heterocycles. The van der Waals surface area contributed by atoms with E-state index in [4.69, 9.17) is 9.72 Å². The Bertz CT molecular complexity index is 837. The molecule has 0 N–H and O–H groups in total. The van der Waals surface area contributed by atoms with E-state index in [1.54, 1.807) is 11.3 Å². The third-order valence-corrected chi connectivity index (χ3v) is 7.25. The third kappa shape index (κ3) is 8.94. The molecule has 3 aromatic rings. The molecule has 0 aliphatic heterocycles. The van der Waals surface area contributed by atoms with E-state index in [9.17, 15) is 0 Å². The smallest absolute Gasteiger partial charge is 0.124 e. The molecule has 2 aromatic carbocycles. The number of ether oxygens (including phenoxy) is 1. The van der Waals surface area contributed by atoms with Crippen molar-refractivity contribution in [2.45, 2.75) is 96.8 Å². The first-order valence-corrected chi connectivity index (χ1v) is 13.8. The molecule has 2 nitrogen and oxygen atoms in total. The van der Waals surface area contributed by atoms with Crippen molar-refractivity contribution >= 4 is 21.6 Å². The second kappa shape index (κ2) is 15.1. The zero-order valence-electron chi connectivity index (χ0n) is 20.0. The van der Waals surface area contributed by atoms with Gasteiger partial charge in [-0.05, 0) is 42.8 Å². The molecule has 32 heavy (non-hydrogen) atoms. The van der Waals surface area contributed by atoms with Gasteiger partial charge in [0.2, 0.25) is 0 Å². The van der Waals surface area contributed by atoms with Crippen LogP contribution in [-0.2, 0) is 0 Å². The van der Waals surface area contributed by atoms with Gasteiger partial charge >= 0.3 is 0 Å². The van der Waals surface area contributed by atoms with E-state index < -0.39 is 0 Å². The number of aromatic nitrogens is 1. The predicted octanol–water partition coefficient (Wildman–Crippen LogP) is 9.82. The van der Waals surface area contributed by atoms with Gasteiger partial charge in [0.15, 0.2) is 0 Å². The van der Waals surface area contributed by atoms with Gasteiger partial charge in [-0.15, -0.1) is 11.3 Å². The quantitative estimate of drug-likeness (QED) is 0.190. The summed E-state index contributed by atoms with van der Waals surface area (Å²) in [5.41, 5.74) is 2.24. The summed E-state index contributed by atoms with van der Waals surface area (Å²) < 4.78 is 7.18. The number of rotatable bonds is 17. The monoisotopic (exact) mass is 451 g/mol. The summed E-state index contributed by atoms with van der Waals surface area (Å²) in [5.74, 6) is 0.963. The second-order valence-electron chi connectivity index (χ2n) is 8.96. The Hall–Kier alpha value is -1.87. The molecule has 3 rings (SSSR count). The van der Waals surface area contributed by atoms with Crippen LogP contribution >= 0.6 is 11.3 Å². The number of fused-ring (bicyclic) bond motifs is 1. The van der Waals surface area contributed by atoms with E-state index >= 15 is 0 Å². The van der Waals surface area contributed by atoms with Gasteiger partial charge in [-0.25, -0.2) is 4.98 Å². The van der Waals surface area contributed by atoms with Crippen molar-refractivity contribution in [3.63, 3.8) is 0 Å². The molecule has 0 spiro atoms. The molecule has 0 saturated carbocycles. The van der Waals surface area contributed by atoms with Crippen molar-refractivity contribution in [2.75, 3.05) is 6.61 Å². The van der Waals surface area contributed by atoms with E-state index in [0.29, 0.717) is 0 Å². The largest absolute Gasteiger partial charge is 0.494 e. The summed E-state index contributed by atoms with van der Waals surface area (Å²) in [6.07, 6.45) is 19.4. The molecule has 0 amide bonds. The molecule has 0 fully saturated rings. The Balaban J connectivity index is 1.18. The molecular formula is C29H41NOS. The molecule has 1 aromatic heterocycles. The van der Waals surface area contributed by atoms with Crippen molar-refractivity contribution in [2.24, 2.45) is 0 Å². The van der Waals surface area contributed by atoms with E-state index in [2.05, 4.69) is 49.4 Å². The van der Waals surface area contributed by atoms with Crippen LogP contribution in [0, 0.1) is 0 Å². The van der Waals surface area contributed by atoms with Gasteiger partial charge in [-0.3, -0.25) is 0 Å². The van der Waals surface area contributed by atoms with Crippen LogP contribution in [0.15, 0.2) is 48.5 Å². The van der Waals surface area contributed by atoms with Crippen molar-refractivity contribution in [1.82, 2.24) is 4.98 Å². The summed E-state index contributed by atoms with van der Waals surface area (Å²) in [4.78, 5) is 4.74. The van der Waals surface area contributed by atoms with Crippen LogP contribution < -0.4 is 4.74 Å². The van der Waals surface area contributed by atoms with Crippen molar-refractivity contribution in [1.29, 1.82) is 0 Å². The van der Waals surface area contributed by atoms with Gasteiger partial charge in [0, 0.05) is 5.56 Å². The number of unbranched alkanes of at least 4 members (excludes halogenated alkanes) is 13. The lowest BCUT2D eigenvalue weighted by Crippen LogP contribution is -1.97. The van der Waals surface area contributed by atoms with Crippen LogP contribution in [0.5, 0.6) is 5.75 Å². The molecule has 174 valence electrons. The highest BCUT2D eigenvalue weighted by Crippen LogP contribution is 2.30. The zero-order valence-corrected chi connectivity index (χ0v) is 20.8. The second-order valence-corrected chi connectivity index (χ2v) is 9.99. The Morgan fingerprint density at radius 2 is 1.22 bits per heavy atom. The Labute approximate surface area is 199 Å². The highest BCUT2D eigenvalue weighted by atomic mass is 32.1. The third-order valence-electron chi connectivity index (χ3n) is 6.16. The van der Waals surface area contributed by atoms with Crippen molar-refractivity contribution < 1.29 is 4.74 Å². The molecular weight excluding hydrogens is 410 g/mol. The van der Waals surface area contributed by atoms with Crippen LogP contribution in [0.25, 0.3) is 20.8 Å². The Kier molecular flexibility index (Phi) is 11.7. The van der Waals surface area contributed by atoms with Gasteiger partial charge in [0.1, 0.15) is 10.8 Å². The molecule has 0 aliphatic rings. The Morgan fingerprint density at radius 1 is 0.656 bits per heavy atom. The van der Waals surface area contributed by atoms with Crippen LogP contribution in [0.1, 0.15) is 96.8 Å². The zero-order chi connectivity index (χ0) is 22.3. The summed E-state index contributed by atoms with van der Waals surface area (Å²) in [6, 6.07) is 16.7. The fourth-order valence-electron chi connectivity index (χ4n) is 4.18. The highest BCUT2D eigenvalue weighted by molar-refractivity contribution is 7.21. The average Bonchev–Trinajstić information content (AvgIpc) is 3.26. The van der Waals surface area contributed by atoms with E-state index in [-0.39, 0.29) is 0 Å². The fourth-order valence-corrected chi connectivity index (χ4v) is 5.15. The number of hydrogen-bond acceptors (Lipinski definition) is 3. The van der Waals surface area contributed by atoms with E-state index in [0.717, 1.165) is 34.9 Å². The molecule has 3 heteroatoms. The summed E-state index contributed by atoms with van der Waals surface area (Å²) in [7, 11) is 0. The van der Waals surface area contributed by atoms with Crippen LogP contribution in [0.4, 0.5) is 0 Å².